The van der Waals surface area contributed by atoms with Crippen LogP contribution in [0, 0.1) is 0 Å². The lowest BCUT2D eigenvalue weighted by Crippen LogP contribution is -1.91. The van der Waals surface area contributed by atoms with Crippen molar-refractivity contribution in [1.29, 1.82) is 0 Å². The molecule has 6 rings (SSSR count). The average Bonchev–Trinajstić information content (AvgIpc) is 3.03. The van der Waals surface area contributed by atoms with Crippen LogP contribution in [0.2, 0.25) is 0 Å². The summed E-state index contributed by atoms with van der Waals surface area (Å²) < 4.78 is 30.0. The molecular weight excluding hydrogens is 544 g/mol. The average molecular weight is 571 g/mol. The van der Waals surface area contributed by atoms with E-state index in [-0.39, 0.29) is 11.5 Å². The summed E-state index contributed by atoms with van der Waals surface area (Å²) in [6, 6.07) is 42.3. The lowest BCUT2D eigenvalue weighted by molar-refractivity contribution is 0.415. The van der Waals surface area contributed by atoms with E-state index in [2.05, 4.69) is 0 Å². The van der Waals surface area contributed by atoms with E-state index in [0.29, 0.717) is 57.5 Å². The third kappa shape index (κ3) is 7.17. The van der Waals surface area contributed by atoms with E-state index in [1.54, 1.807) is 48.5 Å². The highest BCUT2D eigenvalue weighted by Crippen LogP contribution is 2.37. The SMILES string of the molecule is Oc1ccc(Oc2ccccc2Oc2ccc(Oc3ccc(Oc4ccccc4Oc4ccc(O)cc4)cc3)cc2)cc1. The normalized spacial score (nSPS) is 10.5. The Hall–Kier alpha value is -6.08. The fourth-order valence-corrected chi connectivity index (χ4v) is 4.06. The zero-order valence-corrected chi connectivity index (χ0v) is 22.8. The van der Waals surface area contributed by atoms with Gasteiger partial charge < -0.3 is 33.9 Å². The van der Waals surface area contributed by atoms with Gasteiger partial charge in [-0.1, -0.05) is 24.3 Å². The summed E-state index contributed by atoms with van der Waals surface area (Å²) in [6.07, 6.45) is 0. The first-order chi connectivity index (χ1) is 21.1. The van der Waals surface area contributed by atoms with Crippen molar-refractivity contribution >= 4 is 0 Å². The van der Waals surface area contributed by atoms with Crippen LogP contribution in [-0.4, -0.2) is 10.2 Å². The van der Waals surface area contributed by atoms with Gasteiger partial charge in [0.05, 0.1) is 0 Å². The zero-order chi connectivity index (χ0) is 29.4. The van der Waals surface area contributed by atoms with Gasteiger partial charge in [-0.05, 0) is 121 Å². The van der Waals surface area contributed by atoms with Crippen LogP contribution in [0.4, 0.5) is 0 Å². The maximum atomic E-state index is 9.51. The van der Waals surface area contributed by atoms with Crippen LogP contribution in [0.1, 0.15) is 0 Å². The van der Waals surface area contributed by atoms with E-state index in [1.165, 1.54) is 0 Å². The summed E-state index contributed by atoms with van der Waals surface area (Å²) in [7, 11) is 0. The Morgan fingerprint density at radius 1 is 0.256 bits per heavy atom. The van der Waals surface area contributed by atoms with E-state index in [4.69, 9.17) is 23.7 Å². The van der Waals surface area contributed by atoms with E-state index < -0.39 is 0 Å². The largest absolute Gasteiger partial charge is 0.508 e. The van der Waals surface area contributed by atoms with E-state index in [9.17, 15) is 10.2 Å². The first-order valence-electron chi connectivity index (χ1n) is 13.4. The summed E-state index contributed by atoms with van der Waals surface area (Å²) in [5, 5.41) is 19.0. The molecule has 0 atom stereocenters. The molecule has 0 saturated carbocycles. The van der Waals surface area contributed by atoms with Crippen molar-refractivity contribution in [1.82, 2.24) is 0 Å². The number of benzene rings is 6. The molecule has 0 saturated heterocycles. The third-order valence-corrected chi connectivity index (χ3v) is 6.17. The Bertz CT molecular complexity index is 1650. The van der Waals surface area contributed by atoms with E-state index >= 15 is 0 Å². The molecule has 0 amide bonds. The first kappa shape index (κ1) is 27.1. The topological polar surface area (TPSA) is 86.6 Å². The number of rotatable bonds is 10. The quantitative estimate of drug-likeness (QED) is 0.169. The van der Waals surface area contributed by atoms with Crippen LogP contribution in [-0.2, 0) is 0 Å². The molecule has 6 aromatic rings. The Morgan fingerprint density at radius 3 is 0.721 bits per heavy atom. The van der Waals surface area contributed by atoms with Crippen molar-refractivity contribution in [2.45, 2.75) is 0 Å². The van der Waals surface area contributed by atoms with Gasteiger partial charge in [0.1, 0.15) is 46.0 Å². The van der Waals surface area contributed by atoms with Crippen molar-refractivity contribution in [3.63, 3.8) is 0 Å². The van der Waals surface area contributed by atoms with Gasteiger partial charge in [0.2, 0.25) is 0 Å². The number of ether oxygens (including phenoxy) is 5. The van der Waals surface area contributed by atoms with Gasteiger partial charge in [-0.25, -0.2) is 0 Å². The van der Waals surface area contributed by atoms with Crippen molar-refractivity contribution in [2.24, 2.45) is 0 Å². The smallest absolute Gasteiger partial charge is 0.169 e. The molecule has 7 heteroatoms. The maximum Gasteiger partial charge on any atom is 0.169 e. The van der Waals surface area contributed by atoms with Crippen LogP contribution in [0.3, 0.4) is 0 Å². The molecule has 43 heavy (non-hydrogen) atoms. The minimum absolute atomic E-state index is 0.169. The predicted molar refractivity (Wildman–Crippen MR) is 162 cm³/mol. The summed E-state index contributed by atoms with van der Waals surface area (Å²) in [5.41, 5.74) is 0. The van der Waals surface area contributed by atoms with E-state index in [1.807, 2.05) is 97.1 Å². The number of hydrogen-bond acceptors (Lipinski definition) is 7. The van der Waals surface area contributed by atoms with Gasteiger partial charge in [-0.3, -0.25) is 0 Å². The van der Waals surface area contributed by atoms with Crippen LogP contribution < -0.4 is 23.7 Å². The Labute approximate surface area is 248 Å². The van der Waals surface area contributed by atoms with Crippen molar-refractivity contribution in [3.05, 3.63) is 146 Å². The van der Waals surface area contributed by atoms with E-state index in [0.717, 1.165) is 0 Å². The number of phenolic OH excluding ortho intramolecular Hbond substituents is 2. The number of para-hydroxylation sites is 4. The molecule has 0 unspecified atom stereocenters. The zero-order valence-electron chi connectivity index (χ0n) is 22.8. The maximum absolute atomic E-state index is 9.51. The van der Waals surface area contributed by atoms with Gasteiger partial charge >= 0.3 is 0 Å². The molecule has 0 fully saturated rings. The number of hydrogen-bond donors (Lipinski definition) is 2. The lowest BCUT2D eigenvalue weighted by atomic mass is 10.3. The summed E-state index contributed by atoms with van der Waals surface area (Å²) in [4.78, 5) is 0. The second-order valence-corrected chi connectivity index (χ2v) is 9.33. The summed E-state index contributed by atoms with van der Waals surface area (Å²) in [6.45, 7) is 0. The minimum Gasteiger partial charge on any atom is -0.508 e. The van der Waals surface area contributed by atoms with Gasteiger partial charge in [0.25, 0.3) is 0 Å². The highest BCUT2D eigenvalue weighted by Gasteiger charge is 2.10. The monoisotopic (exact) mass is 570 g/mol. The van der Waals surface area contributed by atoms with Crippen LogP contribution in [0.5, 0.6) is 69.0 Å². The van der Waals surface area contributed by atoms with Gasteiger partial charge in [-0.15, -0.1) is 0 Å². The van der Waals surface area contributed by atoms with Crippen LogP contribution >= 0.6 is 0 Å². The molecule has 0 radical (unpaired) electrons. The van der Waals surface area contributed by atoms with Crippen molar-refractivity contribution in [2.75, 3.05) is 0 Å². The highest BCUT2D eigenvalue weighted by molar-refractivity contribution is 5.48. The molecule has 0 aliphatic rings. The molecule has 0 aliphatic carbocycles. The molecule has 212 valence electrons. The molecule has 0 bridgehead atoms. The Morgan fingerprint density at radius 2 is 0.465 bits per heavy atom. The van der Waals surface area contributed by atoms with Gasteiger partial charge in [0.15, 0.2) is 23.0 Å². The van der Waals surface area contributed by atoms with Crippen LogP contribution in [0.15, 0.2) is 146 Å². The Balaban J connectivity index is 1.07. The van der Waals surface area contributed by atoms with Crippen molar-refractivity contribution < 1.29 is 33.9 Å². The second-order valence-electron chi connectivity index (χ2n) is 9.33. The number of phenols is 2. The molecule has 2 N–H and O–H groups in total. The van der Waals surface area contributed by atoms with Crippen molar-refractivity contribution in [3.8, 4) is 69.0 Å². The lowest BCUT2D eigenvalue weighted by Gasteiger charge is -2.13. The third-order valence-electron chi connectivity index (χ3n) is 6.17. The second kappa shape index (κ2) is 12.6. The molecular formula is C36H26O7. The van der Waals surface area contributed by atoms with Gasteiger partial charge in [0, 0.05) is 0 Å². The first-order valence-corrected chi connectivity index (χ1v) is 13.4. The molecule has 6 aromatic carbocycles. The van der Waals surface area contributed by atoms with Crippen LogP contribution in [0.25, 0.3) is 0 Å². The number of aromatic hydroxyl groups is 2. The molecule has 7 nitrogen and oxygen atoms in total. The molecule has 0 aliphatic heterocycles. The predicted octanol–water partition coefficient (Wildman–Crippen LogP) is 10.1. The van der Waals surface area contributed by atoms with Gasteiger partial charge in [-0.2, -0.15) is 0 Å². The fourth-order valence-electron chi connectivity index (χ4n) is 4.06. The fraction of sp³-hybridized carbons (Fsp3) is 0. The minimum atomic E-state index is 0.169. The highest BCUT2D eigenvalue weighted by atomic mass is 16.5. The molecule has 0 spiro atoms. The molecule has 0 aromatic heterocycles. The summed E-state index contributed by atoms with van der Waals surface area (Å²) >= 11 is 0. The Kier molecular flexibility index (Phi) is 7.95. The summed E-state index contributed by atoms with van der Waals surface area (Å²) in [5.74, 6) is 6.22. The standard InChI is InChI=1S/C36H26O7/c37-25-9-13-29(14-10-25)40-33-5-1-3-7-35(33)42-31-21-17-27(18-22-31)39-28-19-23-32(24-20-28)43-36-8-4-2-6-34(36)41-30-15-11-26(38)12-16-30/h1-24,37-38H. The molecule has 0 heterocycles.